The number of methoxy groups -OCH3 is 1. The maximum atomic E-state index is 11.3. The van der Waals surface area contributed by atoms with Crippen LogP contribution in [-0.4, -0.2) is 29.2 Å². The highest BCUT2D eigenvalue weighted by molar-refractivity contribution is 7.80. The van der Waals surface area contributed by atoms with Crippen molar-refractivity contribution in [2.45, 2.75) is 19.9 Å². The van der Waals surface area contributed by atoms with Crippen molar-refractivity contribution in [3.05, 3.63) is 59.8 Å². The Balaban J connectivity index is 1.79. The fourth-order valence-electron chi connectivity index (χ4n) is 3.69. The number of carbonyl (C=O) groups excluding carboxylic acids is 1. The first-order valence-corrected chi connectivity index (χ1v) is 9.32. The van der Waals surface area contributed by atoms with Gasteiger partial charge in [0.25, 0.3) is 0 Å². The number of aromatic nitrogens is 1. The second-order valence-corrected chi connectivity index (χ2v) is 6.95. The van der Waals surface area contributed by atoms with Gasteiger partial charge in [-0.05, 0) is 54.5 Å². The molecule has 0 spiro atoms. The predicted molar refractivity (Wildman–Crippen MR) is 111 cm³/mol. The van der Waals surface area contributed by atoms with Crippen molar-refractivity contribution in [3.8, 4) is 5.75 Å². The van der Waals surface area contributed by atoms with Gasteiger partial charge in [-0.3, -0.25) is 9.36 Å². The maximum absolute atomic E-state index is 11.3. The van der Waals surface area contributed by atoms with E-state index < -0.39 is 0 Å². The third kappa shape index (κ3) is 3.06. The molecule has 4 rings (SSSR count). The van der Waals surface area contributed by atoms with Crippen LogP contribution < -0.4 is 15.0 Å². The molecule has 1 N–H and O–H groups in total. The molecule has 3 aromatic rings. The van der Waals surface area contributed by atoms with Crippen molar-refractivity contribution in [2.75, 3.05) is 18.6 Å². The SMILES string of the molecule is COc1ccc2c(c1)c(CCNC(C)=O)c1n2C(=S)N(c2ccccc2)C1. The van der Waals surface area contributed by atoms with E-state index in [4.69, 9.17) is 17.0 Å². The van der Waals surface area contributed by atoms with Crippen LogP contribution >= 0.6 is 12.2 Å². The van der Waals surface area contributed by atoms with Crippen molar-refractivity contribution >= 4 is 39.8 Å². The summed E-state index contributed by atoms with van der Waals surface area (Å²) in [6.45, 7) is 2.85. The summed E-state index contributed by atoms with van der Waals surface area (Å²) in [5, 5.41) is 4.80. The van der Waals surface area contributed by atoms with E-state index in [1.54, 1.807) is 7.11 Å². The molecule has 1 aromatic heterocycles. The quantitative estimate of drug-likeness (QED) is 0.690. The summed E-state index contributed by atoms with van der Waals surface area (Å²) in [4.78, 5) is 13.4. The third-order valence-corrected chi connectivity index (χ3v) is 5.34. The molecule has 0 radical (unpaired) electrons. The zero-order chi connectivity index (χ0) is 19.0. The van der Waals surface area contributed by atoms with Crippen molar-refractivity contribution in [3.63, 3.8) is 0 Å². The Morgan fingerprint density at radius 3 is 2.70 bits per heavy atom. The number of fused-ring (bicyclic) bond motifs is 3. The summed E-state index contributed by atoms with van der Waals surface area (Å²) >= 11 is 5.82. The monoisotopic (exact) mass is 379 g/mol. The normalized spacial score (nSPS) is 13.1. The van der Waals surface area contributed by atoms with Gasteiger partial charge in [-0.15, -0.1) is 0 Å². The molecular weight excluding hydrogens is 358 g/mol. The number of para-hydroxylation sites is 1. The third-order valence-electron chi connectivity index (χ3n) is 4.93. The van der Waals surface area contributed by atoms with E-state index in [1.165, 1.54) is 18.2 Å². The van der Waals surface area contributed by atoms with E-state index in [-0.39, 0.29) is 5.91 Å². The molecular formula is C21H21N3O2S. The van der Waals surface area contributed by atoms with Gasteiger partial charge < -0.3 is 15.0 Å². The number of benzene rings is 2. The van der Waals surface area contributed by atoms with Crippen molar-refractivity contribution < 1.29 is 9.53 Å². The van der Waals surface area contributed by atoms with E-state index in [0.717, 1.165) is 40.4 Å². The van der Waals surface area contributed by atoms with Gasteiger partial charge in [0.1, 0.15) is 5.75 Å². The molecule has 2 heterocycles. The molecule has 27 heavy (non-hydrogen) atoms. The zero-order valence-electron chi connectivity index (χ0n) is 15.4. The Kier molecular flexibility index (Phi) is 4.58. The Morgan fingerprint density at radius 1 is 1.22 bits per heavy atom. The largest absolute Gasteiger partial charge is 0.497 e. The van der Waals surface area contributed by atoms with E-state index in [2.05, 4.69) is 39.0 Å². The van der Waals surface area contributed by atoms with Crippen LogP contribution in [0.1, 0.15) is 18.2 Å². The summed E-state index contributed by atoms with van der Waals surface area (Å²) in [6, 6.07) is 16.3. The Hall–Kier alpha value is -2.86. The number of nitrogens with zero attached hydrogens (tertiary/aromatic N) is 2. The highest BCUT2D eigenvalue weighted by atomic mass is 32.1. The van der Waals surface area contributed by atoms with Crippen LogP contribution in [0.3, 0.4) is 0 Å². The van der Waals surface area contributed by atoms with Crippen LogP contribution in [0.25, 0.3) is 10.9 Å². The highest BCUT2D eigenvalue weighted by Crippen LogP contribution is 2.36. The van der Waals surface area contributed by atoms with E-state index in [1.807, 2.05) is 24.3 Å². The summed E-state index contributed by atoms with van der Waals surface area (Å²) < 4.78 is 7.57. The number of amides is 1. The van der Waals surface area contributed by atoms with Gasteiger partial charge in [-0.2, -0.15) is 0 Å². The average molecular weight is 379 g/mol. The van der Waals surface area contributed by atoms with Gasteiger partial charge in [-0.1, -0.05) is 18.2 Å². The molecule has 0 atom stereocenters. The molecule has 5 nitrogen and oxygen atoms in total. The van der Waals surface area contributed by atoms with Gasteiger partial charge in [-0.25, -0.2) is 0 Å². The molecule has 6 heteroatoms. The van der Waals surface area contributed by atoms with Gasteiger partial charge in [0.05, 0.1) is 19.2 Å². The van der Waals surface area contributed by atoms with Crippen molar-refractivity contribution in [2.24, 2.45) is 0 Å². The minimum atomic E-state index is -0.0193. The van der Waals surface area contributed by atoms with E-state index >= 15 is 0 Å². The molecule has 0 bridgehead atoms. The first-order valence-electron chi connectivity index (χ1n) is 8.91. The molecule has 2 aromatic carbocycles. The van der Waals surface area contributed by atoms with Crippen LogP contribution in [0.4, 0.5) is 5.69 Å². The summed E-state index contributed by atoms with van der Waals surface area (Å²) in [7, 11) is 1.67. The summed E-state index contributed by atoms with van der Waals surface area (Å²) in [5.74, 6) is 0.799. The molecule has 0 fully saturated rings. The lowest BCUT2D eigenvalue weighted by molar-refractivity contribution is -0.118. The number of thiocarbonyl (C=S) groups is 1. The highest BCUT2D eigenvalue weighted by Gasteiger charge is 2.30. The molecule has 0 aliphatic carbocycles. The number of carbonyl (C=O) groups is 1. The fourth-order valence-corrected chi connectivity index (χ4v) is 4.07. The van der Waals surface area contributed by atoms with E-state index in [9.17, 15) is 4.79 Å². The van der Waals surface area contributed by atoms with Gasteiger partial charge in [0, 0.05) is 30.2 Å². The standard InChI is InChI=1S/C21H21N3O2S/c1-14(25)22-11-10-17-18-12-16(26-2)8-9-19(18)24-20(17)13-23(21(24)27)15-6-4-3-5-7-15/h3-9,12H,10-11,13H2,1-2H3,(H,22,25). The van der Waals surface area contributed by atoms with Crippen molar-refractivity contribution in [1.29, 1.82) is 0 Å². The molecule has 0 unspecified atom stereocenters. The number of ether oxygens (including phenoxy) is 1. The van der Waals surface area contributed by atoms with Crippen LogP contribution in [-0.2, 0) is 17.8 Å². The van der Waals surface area contributed by atoms with Gasteiger partial charge in [0.15, 0.2) is 5.11 Å². The number of anilines is 1. The first-order chi connectivity index (χ1) is 13.1. The number of rotatable bonds is 5. The van der Waals surface area contributed by atoms with Gasteiger partial charge in [0.2, 0.25) is 5.91 Å². The van der Waals surface area contributed by atoms with Gasteiger partial charge >= 0.3 is 0 Å². The van der Waals surface area contributed by atoms with Crippen LogP contribution in [0.2, 0.25) is 0 Å². The smallest absolute Gasteiger partial charge is 0.216 e. The second-order valence-electron chi connectivity index (χ2n) is 6.58. The first kappa shape index (κ1) is 17.5. The summed E-state index contributed by atoms with van der Waals surface area (Å²) in [6.07, 6.45) is 0.747. The molecule has 1 aliphatic heterocycles. The van der Waals surface area contributed by atoms with Crippen LogP contribution in [0, 0.1) is 0 Å². The molecule has 1 aliphatic rings. The predicted octanol–water partition coefficient (Wildman–Crippen LogP) is 3.48. The zero-order valence-corrected chi connectivity index (χ0v) is 16.2. The Morgan fingerprint density at radius 2 is 2.00 bits per heavy atom. The lowest BCUT2D eigenvalue weighted by Crippen LogP contribution is -2.25. The topological polar surface area (TPSA) is 46.5 Å². The lowest BCUT2D eigenvalue weighted by atomic mass is 10.1. The molecule has 1 amide bonds. The minimum Gasteiger partial charge on any atom is -0.497 e. The van der Waals surface area contributed by atoms with E-state index in [0.29, 0.717) is 6.54 Å². The van der Waals surface area contributed by atoms with Crippen LogP contribution in [0.5, 0.6) is 5.75 Å². The number of hydrogen-bond acceptors (Lipinski definition) is 3. The second kappa shape index (κ2) is 7.04. The van der Waals surface area contributed by atoms with Crippen molar-refractivity contribution in [1.82, 2.24) is 9.88 Å². The molecule has 0 saturated carbocycles. The number of hydrogen-bond donors (Lipinski definition) is 1. The Labute approximate surface area is 163 Å². The molecule has 0 saturated heterocycles. The summed E-state index contributed by atoms with van der Waals surface area (Å²) in [5.41, 5.74) is 4.55. The number of nitrogens with one attached hydrogen (secondary N) is 1. The molecule has 138 valence electrons. The fraction of sp³-hybridized carbons (Fsp3) is 0.238. The lowest BCUT2D eigenvalue weighted by Gasteiger charge is -2.18. The van der Waals surface area contributed by atoms with Crippen LogP contribution in [0.15, 0.2) is 48.5 Å². The Bertz CT molecular complexity index is 1030. The average Bonchev–Trinajstić information content (AvgIpc) is 3.17. The maximum Gasteiger partial charge on any atom is 0.216 e. The minimum absolute atomic E-state index is 0.0193.